The molecule has 42 valence electrons. The fourth-order valence-corrected chi connectivity index (χ4v) is 0.265. The quantitative estimate of drug-likeness (QED) is 0.632. The zero-order valence-electron chi connectivity index (χ0n) is 4.20. The summed E-state index contributed by atoms with van der Waals surface area (Å²) in [5.41, 5.74) is 2.60. The van der Waals surface area contributed by atoms with Gasteiger partial charge in [0.2, 0.25) is 0 Å². The highest BCUT2D eigenvalue weighted by Crippen LogP contribution is 1.95. The summed E-state index contributed by atoms with van der Waals surface area (Å²) in [6.45, 7) is 4.22. The largest absolute Gasteiger partial charge is 0.305 e. The van der Waals surface area contributed by atoms with E-state index in [1.54, 1.807) is 7.11 Å². The van der Waals surface area contributed by atoms with Gasteiger partial charge in [-0.25, -0.2) is 0 Å². The van der Waals surface area contributed by atoms with Gasteiger partial charge in [-0.3, -0.25) is 0 Å². The molecule has 0 aromatic carbocycles. The molecule has 0 aliphatic rings. The molecule has 0 bridgehead atoms. The summed E-state index contributed by atoms with van der Waals surface area (Å²) in [5.74, 6) is 0. The molecule has 2 nitrogen and oxygen atoms in total. The Kier molecular flexibility index (Phi) is 4.39. The van der Waals surface area contributed by atoms with E-state index in [0.717, 1.165) is 4.48 Å². The van der Waals surface area contributed by atoms with Crippen LogP contribution in [-0.4, -0.2) is 13.7 Å². The van der Waals surface area contributed by atoms with Crippen LogP contribution in [0.4, 0.5) is 0 Å². The summed E-state index contributed by atoms with van der Waals surface area (Å²) < 4.78 is 0.884. The Bertz CT molecular complexity index is 64.7. The number of halogens is 1. The van der Waals surface area contributed by atoms with Gasteiger partial charge in [-0.2, -0.15) is 5.48 Å². The Hall–Kier alpha value is 0.140. The van der Waals surface area contributed by atoms with Gasteiger partial charge in [-0.05, 0) is 0 Å². The van der Waals surface area contributed by atoms with Crippen LogP contribution in [0.3, 0.4) is 0 Å². The minimum atomic E-state index is 0.649. The molecule has 0 fully saturated rings. The van der Waals surface area contributed by atoms with Crippen molar-refractivity contribution in [2.24, 2.45) is 0 Å². The molecule has 0 amide bonds. The van der Waals surface area contributed by atoms with Gasteiger partial charge >= 0.3 is 0 Å². The third kappa shape index (κ3) is 6.14. The number of rotatable bonds is 3. The van der Waals surface area contributed by atoms with E-state index < -0.39 is 0 Å². The van der Waals surface area contributed by atoms with E-state index in [2.05, 4.69) is 32.8 Å². The minimum absolute atomic E-state index is 0.649. The summed E-state index contributed by atoms with van der Waals surface area (Å²) in [4.78, 5) is 4.51. The van der Waals surface area contributed by atoms with E-state index >= 15 is 0 Å². The summed E-state index contributed by atoms with van der Waals surface area (Å²) in [6, 6.07) is 0. The molecule has 0 saturated carbocycles. The molecule has 3 heteroatoms. The zero-order chi connectivity index (χ0) is 5.70. The maximum atomic E-state index is 4.51. The second kappa shape index (κ2) is 4.30. The number of hydroxylamine groups is 1. The monoisotopic (exact) mass is 165 g/mol. The molecule has 0 rings (SSSR count). The molecule has 0 aromatic heterocycles. The van der Waals surface area contributed by atoms with Crippen molar-refractivity contribution in [3.05, 3.63) is 11.1 Å². The summed E-state index contributed by atoms with van der Waals surface area (Å²) in [6.07, 6.45) is 0. The van der Waals surface area contributed by atoms with E-state index in [4.69, 9.17) is 0 Å². The van der Waals surface area contributed by atoms with E-state index in [9.17, 15) is 0 Å². The van der Waals surface area contributed by atoms with Crippen LogP contribution in [0.5, 0.6) is 0 Å². The van der Waals surface area contributed by atoms with Crippen molar-refractivity contribution in [1.82, 2.24) is 5.48 Å². The molecule has 0 radical (unpaired) electrons. The highest BCUT2D eigenvalue weighted by molar-refractivity contribution is 9.11. The first kappa shape index (κ1) is 7.14. The standard InChI is InChI=1S/C4H8BrNO/c1-4(5)3-6-7-2/h6H,1,3H2,2H3. The van der Waals surface area contributed by atoms with Crippen LogP contribution in [0.15, 0.2) is 11.1 Å². The molecule has 0 saturated heterocycles. The van der Waals surface area contributed by atoms with Crippen LogP contribution in [0, 0.1) is 0 Å². The van der Waals surface area contributed by atoms with E-state index in [1.165, 1.54) is 0 Å². The number of hydrogen-bond acceptors (Lipinski definition) is 2. The van der Waals surface area contributed by atoms with Crippen molar-refractivity contribution >= 4 is 15.9 Å². The average molecular weight is 166 g/mol. The van der Waals surface area contributed by atoms with Crippen LogP contribution in [0.1, 0.15) is 0 Å². The Balaban J connectivity index is 2.82. The predicted molar refractivity (Wildman–Crippen MR) is 33.1 cm³/mol. The van der Waals surface area contributed by atoms with Crippen molar-refractivity contribution in [3.63, 3.8) is 0 Å². The van der Waals surface area contributed by atoms with E-state index in [1.807, 2.05) is 0 Å². The lowest BCUT2D eigenvalue weighted by Gasteiger charge is -1.95. The molecular formula is C4H8BrNO. The third-order valence-electron chi connectivity index (χ3n) is 0.408. The van der Waals surface area contributed by atoms with Gasteiger partial charge in [0.05, 0.1) is 13.7 Å². The summed E-state index contributed by atoms with van der Waals surface area (Å²) in [7, 11) is 1.57. The SMILES string of the molecule is C=C(Br)CNOC. The van der Waals surface area contributed by atoms with Gasteiger partial charge in [-0.1, -0.05) is 22.5 Å². The van der Waals surface area contributed by atoms with Gasteiger partial charge in [0.1, 0.15) is 0 Å². The third-order valence-corrected chi connectivity index (χ3v) is 0.689. The minimum Gasteiger partial charge on any atom is -0.305 e. The fraction of sp³-hybridized carbons (Fsp3) is 0.500. The second-order valence-electron chi connectivity index (χ2n) is 1.04. The maximum Gasteiger partial charge on any atom is 0.0572 e. The molecular weight excluding hydrogens is 158 g/mol. The molecule has 0 spiro atoms. The average Bonchev–Trinajstić information content (AvgIpc) is 1.61. The Morgan fingerprint density at radius 1 is 2.00 bits per heavy atom. The van der Waals surface area contributed by atoms with Gasteiger partial charge in [-0.15, -0.1) is 0 Å². The highest BCUT2D eigenvalue weighted by Gasteiger charge is 1.80. The van der Waals surface area contributed by atoms with Crippen LogP contribution < -0.4 is 5.48 Å². The predicted octanol–water partition coefficient (Wildman–Crippen LogP) is 1.05. The van der Waals surface area contributed by atoms with Gasteiger partial charge in [0.25, 0.3) is 0 Å². The zero-order valence-corrected chi connectivity index (χ0v) is 5.79. The first-order valence-corrected chi connectivity index (χ1v) is 2.66. The van der Waals surface area contributed by atoms with Crippen LogP contribution in [0.25, 0.3) is 0 Å². The Labute approximate surface area is 51.6 Å². The first-order chi connectivity index (χ1) is 3.27. The van der Waals surface area contributed by atoms with Gasteiger partial charge in [0, 0.05) is 4.48 Å². The lowest BCUT2D eigenvalue weighted by atomic mass is 10.7. The number of hydrogen-bond donors (Lipinski definition) is 1. The molecule has 1 N–H and O–H groups in total. The highest BCUT2D eigenvalue weighted by atomic mass is 79.9. The molecule has 7 heavy (non-hydrogen) atoms. The maximum absolute atomic E-state index is 4.51. The van der Waals surface area contributed by atoms with Gasteiger partial charge < -0.3 is 4.84 Å². The van der Waals surface area contributed by atoms with Crippen LogP contribution in [-0.2, 0) is 4.84 Å². The van der Waals surface area contributed by atoms with Crippen molar-refractivity contribution in [2.45, 2.75) is 0 Å². The lowest BCUT2D eigenvalue weighted by Crippen LogP contribution is -2.12. The van der Waals surface area contributed by atoms with Crippen molar-refractivity contribution < 1.29 is 4.84 Å². The molecule has 0 atom stereocenters. The summed E-state index contributed by atoms with van der Waals surface area (Å²) >= 11 is 3.14. The Morgan fingerprint density at radius 3 is 2.71 bits per heavy atom. The fourth-order valence-electron chi connectivity index (χ4n) is 0.150. The number of nitrogens with one attached hydrogen (secondary N) is 1. The van der Waals surface area contributed by atoms with Gasteiger partial charge in [0.15, 0.2) is 0 Å². The second-order valence-corrected chi connectivity index (χ2v) is 2.16. The smallest absolute Gasteiger partial charge is 0.0572 e. The lowest BCUT2D eigenvalue weighted by molar-refractivity contribution is 0.101. The topological polar surface area (TPSA) is 21.3 Å². The van der Waals surface area contributed by atoms with Crippen molar-refractivity contribution in [1.29, 1.82) is 0 Å². The molecule has 0 aliphatic carbocycles. The normalized spacial score (nSPS) is 8.86. The van der Waals surface area contributed by atoms with E-state index in [0.29, 0.717) is 6.54 Å². The van der Waals surface area contributed by atoms with Crippen LogP contribution in [0.2, 0.25) is 0 Å². The molecule has 0 heterocycles. The Morgan fingerprint density at radius 2 is 2.57 bits per heavy atom. The molecule has 0 aliphatic heterocycles. The summed E-state index contributed by atoms with van der Waals surface area (Å²) in [5, 5.41) is 0. The molecule has 0 aromatic rings. The molecule has 0 unspecified atom stereocenters. The van der Waals surface area contributed by atoms with E-state index in [-0.39, 0.29) is 0 Å². The first-order valence-electron chi connectivity index (χ1n) is 1.86. The van der Waals surface area contributed by atoms with Crippen molar-refractivity contribution in [2.75, 3.05) is 13.7 Å². The van der Waals surface area contributed by atoms with Crippen LogP contribution >= 0.6 is 15.9 Å². The van der Waals surface area contributed by atoms with Crippen molar-refractivity contribution in [3.8, 4) is 0 Å².